The van der Waals surface area contributed by atoms with Crippen LogP contribution < -0.4 is 0 Å². The van der Waals surface area contributed by atoms with Gasteiger partial charge in [-0.1, -0.05) is 26.2 Å². The van der Waals surface area contributed by atoms with Crippen molar-refractivity contribution in [3.63, 3.8) is 0 Å². The molecule has 1 fully saturated rings. The van der Waals surface area contributed by atoms with Crippen molar-refractivity contribution < 1.29 is 14.3 Å². The minimum absolute atomic E-state index is 0.0487. The van der Waals surface area contributed by atoms with Gasteiger partial charge in [0.2, 0.25) is 0 Å². The van der Waals surface area contributed by atoms with Crippen LogP contribution in [0.2, 0.25) is 0 Å². The first kappa shape index (κ1) is 19.9. The molecule has 1 heterocycles. The smallest absolute Gasteiger partial charge is 0.175 e. The van der Waals surface area contributed by atoms with E-state index in [9.17, 15) is 9.59 Å². The highest BCUT2D eigenvalue weighted by molar-refractivity contribution is 6.06. The van der Waals surface area contributed by atoms with E-state index in [1.165, 1.54) is 26.4 Å². The lowest BCUT2D eigenvalue weighted by Gasteiger charge is -2.26. The zero-order chi connectivity index (χ0) is 17.5. The number of ether oxygens (including phenoxy) is 1. The number of methoxy groups -OCH3 is 1. The molecule has 23 heavy (non-hydrogen) atoms. The fourth-order valence-corrected chi connectivity index (χ4v) is 2.70. The first-order chi connectivity index (χ1) is 10.8. The van der Waals surface area contributed by atoms with Crippen molar-refractivity contribution in [2.45, 2.75) is 59.0 Å². The third-order valence-electron chi connectivity index (χ3n) is 4.52. The van der Waals surface area contributed by atoms with Crippen LogP contribution in [0.5, 0.6) is 0 Å². The Morgan fingerprint density at radius 1 is 1.13 bits per heavy atom. The molecular formula is C19H31NO3. The van der Waals surface area contributed by atoms with Crippen LogP contribution in [0.25, 0.3) is 0 Å². The summed E-state index contributed by atoms with van der Waals surface area (Å²) in [6, 6.07) is 0. The molecule has 0 radical (unpaired) electrons. The van der Waals surface area contributed by atoms with E-state index in [4.69, 9.17) is 4.74 Å². The first-order valence-electron chi connectivity index (χ1n) is 8.61. The zero-order valence-corrected chi connectivity index (χ0v) is 15.3. The zero-order valence-electron chi connectivity index (χ0n) is 15.3. The molecule has 4 heteroatoms. The molecule has 1 aliphatic heterocycles. The summed E-state index contributed by atoms with van der Waals surface area (Å²) in [4.78, 5) is 27.3. The topological polar surface area (TPSA) is 46.6 Å². The number of carbonyl (C=O) groups is 2. The molecule has 0 N–H and O–H groups in total. The van der Waals surface area contributed by atoms with Crippen LogP contribution in [0.3, 0.4) is 0 Å². The maximum atomic E-state index is 12.6. The minimum atomic E-state index is -0.955. The van der Waals surface area contributed by atoms with Gasteiger partial charge in [-0.3, -0.25) is 14.5 Å². The number of nitrogens with zero attached hydrogens (tertiary/aromatic N) is 1. The Kier molecular flexibility index (Phi) is 7.94. The van der Waals surface area contributed by atoms with Crippen molar-refractivity contribution in [2.75, 3.05) is 26.7 Å². The normalized spacial score (nSPS) is 17.5. The van der Waals surface area contributed by atoms with Crippen LogP contribution >= 0.6 is 0 Å². The molecule has 1 atom stereocenters. The molecule has 0 spiro atoms. The molecular weight excluding hydrogens is 290 g/mol. The highest BCUT2D eigenvalue weighted by Gasteiger charge is 2.37. The predicted octanol–water partition coefficient (Wildman–Crippen LogP) is 2.70. The molecule has 1 saturated heterocycles. The minimum Gasteiger partial charge on any atom is -0.371 e. The highest BCUT2D eigenvalue weighted by atomic mass is 16.5. The summed E-state index contributed by atoms with van der Waals surface area (Å²) in [5.74, 6) is 5.09. The molecule has 0 aromatic carbocycles. The fraction of sp³-hybridized carbons (Fsp3) is 0.789. The van der Waals surface area contributed by atoms with Gasteiger partial charge < -0.3 is 4.74 Å². The summed E-state index contributed by atoms with van der Waals surface area (Å²) in [5, 5.41) is 0. The van der Waals surface area contributed by atoms with Crippen LogP contribution in [-0.2, 0) is 14.3 Å². The molecule has 0 amide bonds. The molecule has 0 aromatic rings. The number of likely N-dealkylation sites (tertiary alicyclic amines) is 1. The summed E-state index contributed by atoms with van der Waals surface area (Å²) in [7, 11) is 1.50. The van der Waals surface area contributed by atoms with Gasteiger partial charge in [-0.05, 0) is 39.8 Å². The van der Waals surface area contributed by atoms with Crippen molar-refractivity contribution in [1.82, 2.24) is 4.90 Å². The molecule has 0 aromatic heterocycles. The SMILES string of the molecule is COC(C)(C)C(=O)C(CC#CCN1CCCCC1)C(=O)C(C)C. The molecule has 1 rings (SSSR count). The lowest BCUT2D eigenvalue weighted by atomic mass is 9.82. The lowest BCUT2D eigenvalue weighted by Crippen LogP contribution is -2.42. The third-order valence-corrected chi connectivity index (χ3v) is 4.52. The molecule has 4 nitrogen and oxygen atoms in total. The Morgan fingerprint density at radius 2 is 1.74 bits per heavy atom. The summed E-state index contributed by atoms with van der Waals surface area (Å²) >= 11 is 0. The average molecular weight is 321 g/mol. The quantitative estimate of drug-likeness (QED) is 0.534. The molecule has 0 aliphatic carbocycles. The second kappa shape index (κ2) is 9.20. The number of hydrogen-bond donors (Lipinski definition) is 0. The second-order valence-corrected chi connectivity index (χ2v) is 7.08. The summed E-state index contributed by atoms with van der Waals surface area (Å²) in [6.07, 6.45) is 4.05. The van der Waals surface area contributed by atoms with Crippen LogP contribution in [0, 0.1) is 23.7 Å². The number of rotatable bonds is 7. The van der Waals surface area contributed by atoms with E-state index in [1.54, 1.807) is 13.8 Å². The van der Waals surface area contributed by atoms with E-state index in [0.29, 0.717) is 0 Å². The van der Waals surface area contributed by atoms with Gasteiger partial charge in [0.25, 0.3) is 0 Å². The average Bonchev–Trinajstić information content (AvgIpc) is 2.54. The Labute approximate surface area is 140 Å². The third kappa shape index (κ3) is 6.08. The van der Waals surface area contributed by atoms with Crippen molar-refractivity contribution in [3.05, 3.63) is 0 Å². The van der Waals surface area contributed by atoms with Crippen molar-refractivity contribution in [2.24, 2.45) is 11.8 Å². The van der Waals surface area contributed by atoms with Crippen molar-refractivity contribution >= 4 is 11.6 Å². The van der Waals surface area contributed by atoms with E-state index in [-0.39, 0.29) is 23.9 Å². The number of Topliss-reactive ketones (excluding diaryl/α,β-unsaturated/α-hetero) is 2. The summed E-state index contributed by atoms with van der Waals surface area (Å²) in [6.45, 7) is 9.98. The summed E-state index contributed by atoms with van der Waals surface area (Å²) < 4.78 is 5.25. The Hall–Kier alpha value is -1.18. The largest absolute Gasteiger partial charge is 0.371 e. The van der Waals surface area contributed by atoms with Crippen LogP contribution in [0.15, 0.2) is 0 Å². The van der Waals surface area contributed by atoms with Crippen LogP contribution in [0.1, 0.15) is 53.4 Å². The van der Waals surface area contributed by atoms with E-state index in [2.05, 4.69) is 16.7 Å². The van der Waals surface area contributed by atoms with Crippen LogP contribution in [-0.4, -0.2) is 48.8 Å². The molecule has 1 aliphatic rings. The maximum Gasteiger partial charge on any atom is 0.175 e. The molecule has 0 bridgehead atoms. The fourth-order valence-electron chi connectivity index (χ4n) is 2.70. The first-order valence-corrected chi connectivity index (χ1v) is 8.61. The van der Waals surface area contributed by atoms with E-state index in [0.717, 1.165) is 19.6 Å². The van der Waals surface area contributed by atoms with E-state index < -0.39 is 11.5 Å². The van der Waals surface area contributed by atoms with Gasteiger partial charge in [-0.2, -0.15) is 0 Å². The number of carbonyl (C=O) groups excluding carboxylic acids is 2. The Balaban J connectivity index is 2.70. The van der Waals surface area contributed by atoms with E-state index in [1.807, 2.05) is 13.8 Å². The van der Waals surface area contributed by atoms with Crippen molar-refractivity contribution in [3.8, 4) is 11.8 Å². The van der Waals surface area contributed by atoms with Gasteiger partial charge in [0, 0.05) is 19.4 Å². The molecule has 1 unspecified atom stereocenters. The van der Waals surface area contributed by atoms with Crippen LogP contribution in [0.4, 0.5) is 0 Å². The van der Waals surface area contributed by atoms with Crippen molar-refractivity contribution in [1.29, 1.82) is 0 Å². The monoisotopic (exact) mass is 321 g/mol. The highest BCUT2D eigenvalue weighted by Crippen LogP contribution is 2.21. The predicted molar refractivity (Wildman–Crippen MR) is 92.1 cm³/mol. The number of ketones is 2. The standard InChI is InChI=1S/C19H31NO3/c1-15(2)17(21)16(18(22)19(3,4)23-5)11-7-10-14-20-12-8-6-9-13-20/h15-16H,6,8-9,11-14H2,1-5H3. The van der Waals surface area contributed by atoms with Gasteiger partial charge >= 0.3 is 0 Å². The van der Waals surface area contributed by atoms with Gasteiger partial charge in [-0.25, -0.2) is 0 Å². The number of piperidine rings is 1. The second-order valence-electron chi connectivity index (χ2n) is 7.08. The van der Waals surface area contributed by atoms with Gasteiger partial charge in [0.05, 0.1) is 12.5 Å². The Bertz CT molecular complexity index is 465. The van der Waals surface area contributed by atoms with Gasteiger partial charge in [0.15, 0.2) is 5.78 Å². The lowest BCUT2D eigenvalue weighted by molar-refractivity contribution is -0.146. The molecule has 0 saturated carbocycles. The van der Waals surface area contributed by atoms with Gasteiger partial charge in [-0.15, -0.1) is 5.92 Å². The van der Waals surface area contributed by atoms with Gasteiger partial charge in [0.1, 0.15) is 11.4 Å². The maximum absolute atomic E-state index is 12.6. The Morgan fingerprint density at radius 3 is 2.26 bits per heavy atom. The summed E-state index contributed by atoms with van der Waals surface area (Å²) in [5.41, 5.74) is -0.955. The number of hydrogen-bond acceptors (Lipinski definition) is 4. The van der Waals surface area contributed by atoms with E-state index >= 15 is 0 Å². The molecule has 130 valence electrons.